The van der Waals surface area contributed by atoms with Crippen LogP contribution in [0.5, 0.6) is 5.75 Å². The minimum Gasteiger partial charge on any atom is -0.497 e. The van der Waals surface area contributed by atoms with Crippen molar-refractivity contribution in [3.05, 3.63) is 100 Å². The highest BCUT2D eigenvalue weighted by Gasteiger charge is 2.31. The lowest BCUT2D eigenvalue weighted by Gasteiger charge is -2.32. The van der Waals surface area contributed by atoms with Crippen LogP contribution in [0.3, 0.4) is 0 Å². The van der Waals surface area contributed by atoms with Crippen LogP contribution in [0.1, 0.15) is 30.5 Å². The smallest absolute Gasteiger partial charge is 0.243 e. The van der Waals surface area contributed by atoms with Gasteiger partial charge in [0, 0.05) is 30.1 Å². The zero-order valence-electron chi connectivity index (χ0n) is 20.8. The van der Waals surface area contributed by atoms with Gasteiger partial charge in [0.1, 0.15) is 17.6 Å². The van der Waals surface area contributed by atoms with Gasteiger partial charge in [-0.1, -0.05) is 74.0 Å². The van der Waals surface area contributed by atoms with Gasteiger partial charge in [0.25, 0.3) is 0 Å². The molecule has 1 atom stereocenters. The molecular weight excluding hydrogens is 479 g/mol. The van der Waals surface area contributed by atoms with Crippen molar-refractivity contribution in [1.82, 2.24) is 10.2 Å². The third kappa shape index (κ3) is 7.56. The second-order valence-corrected chi connectivity index (χ2v) is 9.50. The Morgan fingerprint density at radius 1 is 1.00 bits per heavy atom. The summed E-state index contributed by atoms with van der Waals surface area (Å²) in [6.45, 7) is 4.64. The lowest BCUT2D eigenvalue weighted by molar-refractivity contribution is -0.140. The summed E-state index contributed by atoms with van der Waals surface area (Å²) in [7, 11) is 1.57. The molecule has 0 spiro atoms. The Kier molecular flexibility index (Phi) is 9.88. The van der Waals surface area contributed by atoms with Crippen molar-refractivity contribution in [2.24, 2.45) is 5.92 Å². The van der Waals surface area contributed by atoms with Gasteiger partial charge in [-0.25, -0.2) is 4.39 Å². The molecular formula is C29H32ClFN2O3. The molecule has 3 aromatic carbocycles. The van der Waals surface area contributed by atoms with Crippen LogP contribution in [-0.4, -0.2) is 36.4 Å². The first-order valence-corrected chi connectivity index (χ1v) is 12.3. The maximum absolute atomic E-state index is 14.6. The van der Waals surface area contributed by atoms with E-state index in [-0.39, 0.29) is 35.4 Å². The molecule has 0 heterocycles. The third-order valence-corrected chi connectivity index (χ3v) is 6.19. The van der Waals surface area contributed by atoms with Gasteiger partial charge in [-0.3, -0.25) is 9.59 Å². The molecule has 0 fully saturated rings. The monoisotopic (exact) mass is 510 g/mol. The van der Waals surface area contributed by atoms with Gasteiger partial charge in [0.05, 0.1) is 13.5 Å². The molecule has 0 aliphatic rings. The molecule has 0 saturated carbocycles. The van der Waals surface area contributed by atoms with E-state index >= 15 is 0 Å². The van der Waals surface area contributed by atoms with Crippen LogP contribution >= 0.6 is 11.6 Å². The molecule has 0 bridgehead atoms. The summed E-state index contributed by atoms with van der Waals surface area (Å²) in [4.78, 5) is 28.7. The number of amides is 2. The van der Waals surface area contributed by atoms with E-state index in [4.69, 9.17) is 16.3 Å². The first-order valence-electron chi connectivity index (χ1n) is 12.0. The number of carbonyl (C=O) groups is 2. The summed E-state index contributed by atoms with van der Waals surface area (Å²) >= 11 is 6.23. The standard InChI is InChI=1S/C29H32ClFN2O3/c1-20(2)18-32-29(35)27(16-21-9-5-4-6-10-21)33(19-22-11-7-12-23(15-22)36-3)28(34)17-24-25(30)13-8-14-26(24)31/h4-15,20,27H,16-19H2,1-3H3,(H,32,35)/t27-/m1/s1. The van der Waals surface area contributed by atoms with Crippen LogP contribution < -0.4 is 10.1 Å². The van der Waals surface area contributed by atoms with E-state index in [0.29, 0.717) is 18.7 Å². The van der Waals surface area contributed by atoms with Crippen molar-refractivity contribution < 1.29 is 18.7 Å². The van der Waals surface area contributed by atoms with Gasteiger partial charge in [-0.15, -0.1) is 0 Å². The van der Waals surface area contributed by atoms with Gasteiger partial charge in [0.15, 0.2) is 0 Å². The lowest BCUT2D eigenvalue weighted by atomic mass is 10.0. The van der Waals surface area contributed by atoms with Gasteiger partial charge in [-0.05, 0) is 41.3 Å². The number of halogens is 2. The Morgan fingerprint density at radius 2 is 1.69 bits per heavy atom. The summed E-state index contributed by atoms with van der Waals surface area (Å²) < 4.78 is 19.9. The lowest BCUT2D eigenvalue weighted by Crippen LogP contribution is -2.51. The zero-order chi connectivity index (χ0) is 26.1. The molecule has 5 nitrogen and oxygen atoms in total. The number of carbonyl (C=O) groups excluding carboxylic acids is 2. The number of rotatable bonds is 11. The fourth-order valence-electron chi connectivity index (χ4n) is 3.90. The van der Waals surface area contributed by atoms with Gasteiger partial charge < -0.3 is 15.0 Å². The Labute approximate surface area is 217 Å². The van der Waals surface area contributed by atoms with Gasteiger partial charge >= 0.3 is 0 Å². The molecule has 1 N–H and O–H groups in total. The van der Waals surface area contributed by atoms with Crippen molar-refractivity contribution in [1.29, 1.82) is 0 Å². The quantitative estimate of drug-likeness (QED) is 0.373. The zero-order valence-corrected chi connectivity index (χ0v) is 21.6. The van der Waals surface area contributed by atoms with Gasteiger partial charge in [0.2, 0.25) is 11.8 Å². The Balaban J connectivity index is 2.01. The average molecular weight is 511 g/mol. The summed E-state index contributed by atoms with van der Waals surface area (Å²) in [5.41, 5.74) is 1.81. The number of nitrogens with zero attached hydrogens (tertiary/aromatic N) is 1. The summed E-state index contributed by atoms with van der Waals surface area (Å²) in [6, 6.07) is 20.4. The van der Waals surface area contributed by atoms with Crippen molar-refractivity contribution in [3.8, 4) is 5.75 Å². The number of hydrogen-bond donors (Lipinski definition) is 1. The van der Waals surface area contributed by atoms with Crippen molar-refractivity contribution >= 4 is 23.4 Å². The highest BCUT2D eigenvalue weighted by atomic mass is 35.5. The minimum atomic E-state index is -0.810. The molecule has 0 aliphatic heterocycles. The van der Waals surface area contributed by atoms with E-state index in [1.807, 2.05) is 68.4 Å². The highest BCUT2D eigenvalue weighted by molar-refractivity contribution is 6.31. The first kappa shape index (κ1) is 27.2. The highest BCUT2D eigenvalue weighted by Crippen LogP contribution is 2.23. The predicted molar refractivity (Wildman–Crippen MR) is 140 cm³/mol. The Bertz CT molecular complexity index is 1150. The van der Waals surface area contributed by atoms with Crippen LogP contribution in [-0.2, 0) is 29.0 Å². The van der Waals surface area contributed by atoms with Crippen LogP contribution in [0.2, 0.25) is 5.02 Å². The number of ether oxygens (including phenoxy) is 1. The fourth-order valence-corrected chi connectivity index (χ4v) is 4.13. The fraction of sp³-hybridized carbons (Fsp3) is 0.310. The molecule has 2 amide bonds. The van der Waals surface area contributed by atoms with E-state index in [0.717, 1.165) is 11.1 Å². The van der Waals surface area contributed by atoms with E-state index in [1.54, 1.807) is 13.2 Å². The number of nitrogens with one attached hydrogen (secondary N) is 1. The summed E-state index contributed by atoms with van der Waals surface area (Å²) in [5, 5.41) is 3.15. The molecule has 3 rings (SSSR count). The van der Waals surface area contributed by atoms with Crippen LogP contribution in [0, 0.1) is 11.7 Å². The molecule has 0 unspecified atom stereocenters. The normalized spacial score (nSPS) is 11.7. The van der Waals surface area contributed by atoms with Crippen LogP contribution in [0.4, 0.5) is 4.39 Å². The average Bonchev–Trinajstić information content (AvgIpc) is 2.87. The molecule has 0 aromatic heterocycles. The number of methoxy groups -OCH3 is 1. The van der Waals surface area contributed by atoms with Crippen molar-refractivity contribution in [3.63, 3.8) is 0 Å². The van der Waals surface area contributed by atoms with Crippen LogP contribution in [0.25, 0.3) is 0 Å². The van der Waals surface area contributed by atoms with Crippen molar-refractivity contribution in [2.75, 3.05) is 13.7 Å². The van der Waals surface area contributed by atoms with E-state index in [2.05, 4.69) is 5.32 Å². The molecule has 36 heavy (non-hydrogen) atoms. The molecule has 190 valence electrons. The maximum atomic E-state index is 14.6. The SMILES string of the molecule is COc1cccc(CN(C(=O)Cc2c(F)cccc2Cl)[C@H](Cc2ccccc2)C(=O)NCC(C)C)c1. The molecule has 3 aromatic rings. The van der Waals surface area contributed by atoms with E-state index in [9.17, 15) is 14.0 Å². The maximum Gasteiger partial charge on any atom is 0.243 e. The van der Waals surface area contributed by atoms with Crippen LogP contribution in [0.15, 0.2) is 72.8 Å². The van der Waals surface area contributed by atoms with E-state index < -0.39 is 17.8 Å². The molecule has 0 radical (unpaired) electrons. The molecule has 7 heteroatoms. The summed E-state index contributed by atoms with van der Waals surface area (Å²) in [5.74, 6) is -0.332. The number of hydrogen-bond acceptors (Lipinski definition) is 3. The minimum absolute atomic E-state index is 0.112. The summed E-state index contributed by atoms with van der Waals surface area (Å²) in [6.07, 6.45) is 0.0453. The second kappa shape index (κ2) is 13.1. The van der Waals surface area contributed by atoms with Crippen molar-refractivity contribution in [2.45, 2.75) is 39.3 Å². The van der Waals surface area contributed by atoms with E-state index in [1.165, 1.54) is 17.0 Å². The molecule has 0 saturated heterocycles. The Morgan fingerprint density at radius 3 is 2.36 bits per heavy atom. The van der Waals surface area contributed by atoms with Gasteiger partial charge in [-0.2, -0.15) is 0 Å². The third-order valence-electron chi connectivity index (χ3n) is 5.83. The largest absolute Gasteiger partial charge is 0.497 e. The predicted octanol–water partition coefficient (Wildman–Crippen LogP) is 5.44. The number of benzene rings is 3. The Hall–Kier alpha value is -3.38. The topological polar surface area (TPSA) is 58.6 Å². The second-order valence-electron chi connectivity index (χ2n) is 9.09. The molecule has 0 aliphatic carbocycles. The first-order chi connectivity index (χ1) is 17.3.